The summed E-state index contributed by atoms with van der Waals surface area (Å²) in [6.07, 6.45) is 7.25. The van der Waals surface area contributed by atoms with Gasteiger partial charge in [-0.05, 0) is 85.2 Å². The van der Waals surface area contributed by atoms with Crippen LogP contribution in [-0.4, -0.2) is 10.2 Å². The lowest BCUT2D eigenvalue weighted by molar-refractivity contribution is 0.187. The summed E-state index contributed by atoms with van der Waals surface area (Å²) < 4.78 is 0. The fourth-order valence-corrected chi connectivity index (χ4v) is 6.35. The molecule has 2 N–H and O–H groups in total. The fraction of sp³-hybridized carbons (Fsp3) is 0.769. The van der Waals surface area contributed by atoms with Crippen LogP contribution in [0.25, 0.3) is 0 Å². The maximum absolute atomic E-state index is 11.5. The van der Waals surface area contributed by atoms with E-state index in [0.717, 1.165) is 24.0 Å². The van der Waals surface area contributed by atoms with E-state index in [9.17, 15) is 10.2 Å². The standard InChI is InChI=1S/C26H42O2/c1-15(2)20-9-7-17(5)11-22(20)24-13-19(27)14-25(26(24)28)23-12-18(6)8-10-21(23)16(3)4/h13-18,20-23,27-28H,7-12H2,1-6H3. The Morgan fingerprint density at radius 3 is 1.46 bits per heavy atom. The van der Waals surface area contributed by atoms with Crippen LogP contribution in [0, 0.1) is 35.5 Å². The maximum atomic E-state index is 11.5. The highest BCUT2D eigenvalue weighted by Crippen LogP contribution is 2.52. The van der Waals surface area contributed by atoms with Gasteiger partial charge in [0.15, 0.2) is 0 Å². The molecule has 2 nitrogen and oxygen atoms in total. The molecule has 3 rings (SSSR count). The van der Waals surface area contributed by atoms with E-state index in [-0.39, 0.29) is 0 Å². The summed E-state index contributed by atoms with van der Waals surface area (Å²) in [5.74, 6) is 5.27. The Labute approximate surface area is 172 Å². The molecule has 6 unspecified atom stereocenters. The van der Waals surface area contributed by atoms with Crippen LogP contribution >= 0.6 is 0 Å². The molecule has 0 heterocycles. The molecular formula is C26H42O2. The number of benzene rings is 1. The molecule has 0 amide bonds. The van der Waals surface area contributed by atoms with Gasteiger partial charge >= 0.3 is 0 Å². The van der Waals surface area contributed by atoms with Gasteiger partial charge in [0.2, 0.25) is 0 Å². The van der Waals surface area contributed by atoms with Gasteiger partial charge in [0, 0.05) is 11.1 Å². The lowest BCUT2D eigenvalue weighted by Crippen LogP contribution is -2.28. The van der Waals surface area contributed by atoms with Gasteiger partial charge in [-0.3, -0.25) is 0 Å². The van der Waals surface area contributed by atoms with Gasteiger partial charge in [-0.25, -0.2) is 0 Å². The zero-order chi connectivity index (χ0) is 20.6. The zero-order valence-corrected chi connectivity index (χ0v) is 18.9. The van der Waals surface area contributed by atoms with Gasteiger partial charge in [0.25, 0.3) is 0 Å². The minimum absolute atomic E-state index is 0.337. The molecule has 0 aromatic heterocycles. The van der Waals surface area contributed by atoms with E-state index in [2.05, 4.69) is 41.5 Å². The van der Waals surface area contributed by atoms with Crippen LogP contribution in [0.1, 0.15) is 103 Å². The highest BCUT2D eigenvalue weighted by atomic mass is 16.3. The van der Waals surface area contributed by atoms with E-state index >= 15 is 0 Å². The summed E-state index contributed by atoms with van der Waals surface area (Å²) in [5.41, 5.74) is 2.03. The minimum Gasteiger partial charge on any atom is -0.508 e. The second kappa shape index (κ2) is 8.67. The summed E-state index contributed by atoms with van der Waals surface area (Å²) >= 11 is 0. The van der Waals surface area contributed by atoms with E-state index in [4.69, 9.17) is 0 Å². The van der Waals surface area contributed by atoms with Gasteiger partial charge in [0.05, 0.1) is 0 Å². The Kier molecular flexibility index (Phi) is 6.67. The first-order valence-electron chi connectivity index (χ1n) is 11.7. The highest BCUT2D eigenvalue weighted by Gasteiger charge is 2.37. The maximum Gasteiger partial charge on any atom is 0.122 e. The topological polar surface area (TPSA) is 40.5 Å². The second-order valence-corrected chi connectivity index (χ2v) is 10.8. The average molecular weight is 387 g/mol. The minimum atomic E-state index is 0.337. The van der Waals surface area contributed by atoms with E-state index in [0.29, 0.717) is 58.8 Å². The van der Waals surface area contributed by atoms with Gasteiger partial charge < -0.3 is 10.2 Å². The van der Waals surface area contributed by atoms with Gasteiger partial charge in [-0.1, -0.05) is 54.4 Å². The van der Waals surface area contributed by atoms with Crippen molar-refractivity contribution in [1.29, 1.82) is 0 Å². The Morgan fingerprint density at radius 2 is 1.11 bits per heavy atom. The first kappa shape index (κ1) is 21.5. The molecule has 158 valence electrons. The fourth-order valence-electron chi connectivity index (χ4n) is 6.35. The summed E-state index contributed by atoms with van der Waals surface area (Å²) in [7, 11) is 0. The summed E-state index contributed by atoms with van der Waals surface area (Å²) in [4.78, 5) is 0. The van der Waals surface area contributed by atoms with Crippen molar-refractivity contribution in [3.63, 3.8) is 0 Å². The Morgan fingerprint density at radius 1 is 0.714 bits per heavy atom. The molecule has 28 heavy (non-hydrogen) atoms. The van der Waals surface area contributed by atoms with E-state index < -0.39 is 0 Å². The van der Waals surface area contributed by atoms with Crippen LogP contribution < -0.4 is 0 Å². The summed E-state index contributed by atoms with van der Waals surface area (Å²) in [6, 6.07) is 3.74. The molecule has 2 fully saturated rings. The Hall–Kier alpha value is -1.18. The number of rotatable bonds is 4. The van der Waals surface area contributed by atoms with E-state index in [1.165, 1.54) is 25.7 Å². The average Bonchev–Trinajstić information content (AvgIpc) is 2.62. The summed E-state index contributed by atoms with van der Waals surface area (Å²) in [5, 5.41) is 22.1. The van der Waals surface area contributed by atoms with Crippen molar-refractivity contribution in [3.05, 3.63) is 23.3 Å². The number of phenolic OH excluding ortho intramolecular Hbond substituents is 2. The molecule has 0 radical (unpaired) electrons. The number of aromatic hydroxyl groups is 2. The quantitative estimate of drug-likeness (QED) is 0.527. The third-order valence-electron chi connectivity index (χ3n) is 8.00. The van der Waals surface area contributed by atoms with Crippen molar-refractivity contribution >= 4 is 0 Å². The lowest BCUT2D eigenvalue weighted by Gasteiger charge is -2.40. The van der Waals surface area contributed by atoms with Crippen LogP contribution in [0.5, 0.6) is 11.5 Å². The van der Waals surface area contributed by atoms with Crippen molar-refractivity contribution in [3.8, 4) is 11.5 Å². The van der Waals surface area contributed by atoms with Gasteiger partial charge in [-0.2, -0.15) is 0 Å². The van der Waals surface area contributed by atoms with Crippen molar-refractivity contribution in [2.75, 3.05) is 0 Å². The van der Waals surface area contributed by atoms with Crippen LogP contribution in [0.4, 0.5) is 0 Å². The molecular weight excluding hydrogens is 344 g/mol. The smallest absolute Gasteiger partial charge is 0.122 e. The Bertz CT molecular complexity index is 609. The first-order valence-corrected chi connectivity index (χ1v) is 11.7. The summed E-state index contributed by atoms with van der Waals surface area (Å²) in [6.45, 7) is 13.9. The van der Waals surface area contributed by atoms with Crippen LogP contribution in [-0.2, 0) is 0 Å². The molecule has 0 saturated heterocycles. The number of phenols is 2. The molecule has 0 bridgehead atoms. The monoisotopic (exact) mass is 386 g/mol. The van der Waals surface area contributed by atoms with Crippen molar-refractivity contribution in [2.45, 2.75) is 91.9 Å². The SMILES string of the molecule is CC1CCC(C(C)C)C(c2cc(O)cc(C3CC(C)CCC3C(C)C)c2O)C1. The van der Waals surface area contributed by atoms with Crippen molar-refractivity contribution in [1.82, 2.24) is 0 Å². The molecule has 1 aromatic rings. The molecule has 0 aliphatic heterocycles. The van der Waals surface area contributed by atoms with Gasteiger partial charge in [0.1, 0.15) is 11.5 Å². The molecule has 2 saturated carbocycles. The van der Waals surface area contributed by atoms with Crippen molar-refractivity contribution < 1.29 is 10.2 Å². The molecule has 2 aliphatic rings. The number of hydrogen-bond donors (Lipinski definition) is 2. The molecule has 1 aromatic carbocycles. The normalized spacial score (nSPS) is 34.1. The highest BCUT2D eigenvalue weighted by molar-refractivity contribution is 5.50. The van der Waals surface area contributed by atoms with Crippen LogP contribution in [0.3, 0.4) is 0 Å². The largest absolute Gasteiger partial charge is 0.508 e. The molecule has 0 spiro atoms. The zero-order valence-electron chi connectivity index (χ0n) is 18.9. The molecule has 2 aliphatic carbocycles. The van der Waals surface area contributed by atoms with Crippen molar-refractivity contribution in [2.24, 2.45) is 35.5 Å². The third kappa shape index (κ3) is 4.36. The predicted octanol–water partition coefficient (Wildman–Crippen LogP) is 7.45. The Balaban J connectivity index is 2.03. The first-order chi connectivity index (χ1) is 13.2. The number of hydrogen-bond acceptors (Lipinski definition) is 2. The molecule has 6 atom stereocenters. The lowest BCUT2D eigenvalue weighted by atomic mass is 9.65. The van der Waals surface area contributed by atoms with Crippen LogP contribution in [0.15, 0.2) is 12.1 Å². The van der Waals surface area contributed by atoms with Crippen LogP contribution in [0.2, 0.25) is 0 Å². The second-order valence-electron chi connectivity index (χ2n) is 10.8. The third-order valence-corrected chi connectivity index (χ3v) is 8.00. The van der Waals surface area contributed by atoms with E-state index in [1.54, 1.807) is 0 Å². The van der Waals surface area contributed by atoms with Gasteiger partial charge in [-0.15, -0.1) is 0 Å². The predicted molar refractivity (Wildman–Crippen MR) is 118 cm³/mol. The van der Waals surface area contributed by atoms with E-state index in [1.807, 2.05) is 12.1 Å². The molecule has 2 heteroatoms.